The lowest BCUT2D eigenvalue weighted by atomic mass is 9.49. The van der Waals surface area contributed by atoms with Crippen molar-refractivity contribution < 1.29 is 9.53 Å². The van der Waals surface area contributed by atoms with Gasteiger partial charge in [0.2, 0.25) is 0 Å². The highest BCUT2D eigenvalue weighted by atomic mass is 32.2. The molecule has 0 saturated heterocycles. The smallest absolute Gasteiger partial charge is 0.343 e. The van der Waals surface area contributed by atoms with E-state index < -0.39 is 0 Å². The Morgan fingerprint density at radius 2 is 2.09 bits per heavy atom. The van der Waals surface area contributed by atoms with E-state index in [0.717, 1.165) is 13.0 Å². The summed E-state index contributed by atoms with van der Waals surface area (Å²) in [5.41, 5.74) is 5.25. The molecule has 1 aromatic carbocycles. The fraction of sp³-hybridized carbons (Fsp3) is 0.607. The molecule has 184 valence electrons. The second-order valence-corrected chi connectivity index (χ2v) is 11.6. The molecule has 1 saturated carbocycles. The molecule has 3 atom stereocenters. The van der Waals surface area contributed by atoms with Crippen LogP contribution in [0.15, 0.2) is 29.6 Å². The molecule has 6 heteroatoms. The van der Waals surface area contributed by atoms with Crippen LogP contribution in [0.4, 0.5) is 5.82 Å². The minimum absolute atomic E-state index is 0.109. The summed E-state index contributed by atoms with van der Waals surface area (Å²) in [6, 6.07) is 7.23. The predicted molar refractivity (Wildman–Crippen MR) is 140 cm³/mol. The third-order valence-electron chi connectivity index (χ3n) is 8.27. The molecule has 5 nitrogen and oxygen atoms in total. The first-order valence-corrected chi connectivity index (χ1v) is 13.9. The number of aryl methyl sites for hydroxylation is 1. The van der Waals surface area contributed by atoms with Gasteiger partial charge in [0.25, 0.3) is 0 Å². The molecule has 0 unspecified atom stereocenters. The van der Waals surface area contributed by atoms with Crippen molar-refractivity contribution in [2.75, 3.05) is 24.7 Å². The van der Waals surface area contributed by atoms with E-state index in [1.165, 1.54) is 43.0 Å². The van der Waals surface area contributed by atoms with Gasteiger partial charge in [-0.3, -0.25) is 0 Å². The van der Waals surface area contributed by atoms with Crippen LogP contribution in [0.3, 0.4) is 0 Å². The first-order chi connectivity index (χ1) is 16.2. The zero-order chi connectivity index (χ0) is 24.5. The van der Waals surface area contributed by atoms with Gasteiger partial charge in [-0.05, 0) is 78.2 Å². The summed E-state index contributed by atoms with van der Waals surface area (Å²) in [6.45, 7) is 12.4. The van der Waals surface area contributed by atoms with E-state index in [4.69, 9.17) is 4.74 Å². The Bertz CT molecular complexity index is 1060. The number of carbonyl (C=O) groups is 1. The maximum absolute atomic E-state index is 12.5. The van der Waals surface area contributed by atoms with Crippen molar-refractivity contribution in [2.24, 2.45) is 11.3 Å². The monoisotopic (exact) mass is 481 g/mol. The maximum Gasteiger partial charge on any atom is 0.343 e. The SMILES string of the molecule is CCOC(=O)c1cnc(SC)nc1NC[C@@]1(C)CCC[C@]2(C)c3ccc(C(C)C)cc3CC[C@H]12. The van der Waals surface area contributed by atoms with Crippen molar-refractivity contribution in [1.82, 2.24) is 9.97 Å². The highest BCUT2D eigenvalue weighted by Gasteiger charge is 2.51. The van der Waals surface area contributed by atoms with Crippen molar-refractivity contribution in [3.8, 4) is 0 Å². The van der Waals surface area contributed by atoms with Crippen LogP contribution in [-0.4, -0.2) is 35.3 Å². The van der Waals surface area contributed by atoms with Gasteiger partial charge in [0.05, 0.1) is 6.61 Å². The van der Waals surface area contributed by atoms with E-state index in [1.54, 1.807) is 17.3 Å². The fourth-order valence-corrected chi connectivity index (χ4v) is 6.80. The number of thioether (sulfide) groups is 1. The van der Waals surface area contributed by atoms with Gasteiger partial charge in [-0.1, -0.05) is 64.1 Å². The van der Waals surface area contributed by atoms with Gasteiger partial charge in [0.15, 0.2) is 5.16 Å². The largest absolute Gasteiger partial charge is 0.462 e. The van der Waals surface area contributed by atoms with E-state index in [-0.39, 0.29) is 16.8 Å². The molecule has 1 fully saturated rings. The number of fused-ring (bicyclic) bond motifs is 3. The van der Waals surface area contributed by atoms with E-state index in [9.17, 15) is 4.79 Å². The second kappa shape index (κ2) is 9.88. The Morgan fingerprint density at radius 1 is 1.29 bits per heavy atom. The summed E-state index contributed by atoms with van der Waals surface area (Å²) in [6.07, 6.45) is 9.50. The maximum atomic E-state index is 12.5. The van der Waals surface area contributed by atoms with Crippen LogP contribution in [0.5, 0.6) is 0 Å². The zero-order valence-electron chi connectivity index (χ0n) is 21.5. The van der Waals surface area contributed by atoms with Crippen molar-refractivity contribution in [2.45, 2.75) is 83.2 Å². The summed E-state index contributed by atoms with van der Waals surface area (Å²) < 4.78 is 5.26. The van der Waals surface area contributed by atoms with Crippen LogP contribution in [-0.2, 0) is 16.6 Å². The number of benzene rings is 1. The standard InChI is InChI=1S/C28H39N3O2S/c1-7-33-25(32)21-16-29-26(34-6)31-24(21)30-17-27(4)13-8-14-28(5)22-11-9-19(18(2)3)15-20(22)10-12-23(27)28/h9,11,15-16,18,23H,7-8,10,12-14,17H2,1-6H3,(H,29,30,31)/t23-,27-,28-/m1/s1. The van der Waals surface area contributed by atoms with Crippen molar-refractivity contribution in [3.05, 3.63) is 46.6 Å². The lowest BCUT2D eigenvalue weighted by molar-refractivity contribution is 0.0357. The van der Waals surface area contributed by atoms with Crippen LogP contribution in [0.1, 0.15) is 93.3 Å². The van der Waals surface area contributed by atoms with Gasteiger partial charge in [-0.25, -0.2) is 14.8 Å². The highest BCUT2D eigenvalue weighted by Crippen LogP contribution is 2.57. The number of hydrogen-bond acceptors (Lipinski definition) is 6. The Morgan fingerprint density at radius 3 is 2.79 bits per heavy atom. The van der Waals surface area contributed by atoms with Crippen molar-refractivity contribution in [1.29, 1.82) is 0 Å². The molecular formula is C28H39N3O2S. The van der Waals surface area contributed by atoms with E-state index in [0.29, 0.717) is 35.0 Å². The van der Waals surface area contributed by atoms with Crippen molar-refractivity contribution >= 4 is 23.5 Å². The minimum atomic E-state index is -0.371. The molecule has 0 spiro atoms. The molecule has 1 aromatic heterocycles. The Kier molecular flexibility index (Phi) is 7.28. The molecule has 0 bridgehead atoms. The lowest BCUT2D eigenvalue weighted by Crippen LogP contribution is -2.51. The normalized spacial score (nSPS) is 26.0. The van der Waals surface area contributed by atoms with Gasteiger partial charge in [-0.15, -0.1) is 0 Å². The third kappa shape index (κ3) is 4.58. The number of ether oxygens (including phenoxy) is 1. The number of hydrogen-bond donors (Lipinski definition) is 1. The van der Waals surface area contributed by atoms with Crippen LogP contribution >= 0.6 is 11.8 Å². The number of carbonyl (C=O) groups excluding carboxylic acids is 1. The topological polar surface area (TPSA) is 64.1 Å². The number of nitrogens with zero attached hydrogens (tertiary/aromatic N) is 2. The lowest BCUT2D eigenvalue weighted by Gasteiger charge is -2.55. The third-order valence-corrected chi connectivity index (χ3v) is 8.83. The fourth-order valence-electron chi connectivity index (χ4n) is 6.46. The summed E-state index contributed by atoms with van der Waals surface area (Å²) in [7, 11) is 0. The first kappa shape index (κ1) is 25.0. The first-order valence-electron chi connectivity index (χ1n) is 12.7. The van der Waals surface area contributed by atoms with E-state index >= 15 is 0 Å². The highest BCUT2D eigenvalue weighted by molar-refractivity contribution is 7.98. The molecule has 1 N–H and O–H groups in total. The molecule has 34 heavy (non-hydrogen) atoms. The molecule has 4 rings (SSSR count). The number of rotatable bonds is 7. The average Bonchev–Trinajstić information content (AvgIpc) is 2.82. The van der Waals surface area contributed by atoms with Crippen molar-refractivity contribution in [3.63, 3.8) is 0 Å². The molecule has 0 radical (unpaired) electrons. The zero-order valence-corrected chi connectivity index (χ0v) is 22.3. The summed E-state index contributed by atoms with van der Waals surface area (Å²) in [5.74, 6) is 1.35. The predicted octanol–water partition coefficient (Wildman–Crippen LogP) is 6.62. The molecule has 1 heterocycles. The number of esters is 1. The number of aromatic nitrogens is 2. The minimum Gasteiger partial charge on any atom is -0.462 e. The number of anilines is 1. The van der Waals surface area contributed by atoms with Crippen LogP contribution in [0.2, 0.25) is 0 Å². The molecule has 2 aromatic rings. The van der Waals surface area contributed by atoms with Crippen LogP contribution < -0.4 is 5.32 Å². The average molecular weight is 482 g/mol. The van der Waals surface area contributed by atoms with Crippen LogP contribution in [0, 0.1) is 11.3 Å². The molecule has 0 aliphatic heterocycles. The van der Waals surface area contributed by atoms with Gasteiger partial charge in [0.1, 0.15) is 11.4 Å². The summed E-state index contributed by atoms with van der Waals surface area (Å²) in [5, 5.41) is 4.22. The van der Waals surface area contributed by atoms with Gasteiger partial charge >= 0.3 is 5.97 Å². The van der Waals surface area contributed by atoms with E-state index in [1.807, 2.05) is 13.2 Å². The Balaban J connectivity index is 1.61. The molecular weight excluding hydrogens is 442 g/mol. The second-order valence-electron chi connectivity index (χ2n) is 10.8. The summed E-state index contributed by atoms with van der Waals surface area (Å²) in [4.78, 5) is 21.5. The van der Waals surface area contributed by atoms with Crippen LogP contribution in [0.25, 0.3) is 0 Å². The Hall–Kier alpha value is -2.08. The quantitative estimate of drug-likeness (QED) is 0.272. The van der Waals surface area contributed by atoms with Gasteiger partial charge in [0, 0.05) is 12.7 Å². The molecule has 2 aliphatic rings. The number of nitrogens with one attached hydrogen (secondary N) is 1. The van der Waals surface area contributed by atoms with E-state index in [2.05, 4.69) is 61.2 Å². The summed E-state index contributed by atoms with van der Waals surface area (Å²) >= 11 is 1.48. The molecule has 0 amide bonds. The Labute approximate surface area is 208 Å². The molecule has 2 aliphatic carbocycles. The van der Waals surface area contributed by atoms with Gasteiger partial charge in [-0.2, -0.15) is 0 Å². The van der Waals surface area contributed by atoms with Gasteiger partial charge < -0.3 is 10.1 Å².